The van der Waals surface area contributed by atoms with E-state index in [4.69, 9.17) is 4.99 Å². The van der Waals surface area contributed by atoms with E-state index >= 15 is 0 Å². The van der Waals surface area contributed by atoms with Gasteiger partial charge < -0.3 is 4.98 Å². The standard InChI is InChI=1S/C14H14N2/c1-2-4-12-10(3-1)11-7-8-13(14(11)16-12)15-9-5-6-9/h1-4,9,16H,5-8H2. The van der Waals surface area contributed by atoms with Crippen molar-refractivity contribution in [3.63, 3.8) is 0 Å². The largest absolute Gasteiger partial charge is 0.353 e. The van der Waals surface area contributed by atoms with E-state index < -0.39 is 0 Å². The summed E-state index contributed by atoms with van der Waals surface area (Å²) in [6.45, 7) is 0. The van der Waals surface area contributed by atoms with Crippen molar-refractivity contribution in [2.24, 2.45) is 4.99 Å². The monoisotopic (exact) mass is 210 g/mol. The highest BCUT2D eigenvalue weighted by Gasteiger charge is 2.26. The first kappa shape index (κ1) is 8.57. The van der Waals surface area contributed by atoms with Crippen LogP contribution in [0.15, 0.2) is 29.3 Å². The lowest BCUT2D eigenvalue weighted by Crippen LogP contribution is -1.97. The molecule has 1 aromatic carbocycles. The lowest BCUT2D eigenvalue weighted by molar-refractivity contribution is 1.03. The zero-order valence-corrected chi connectivity index (χ0v) is 9.16. The smallest absolute Gasteiger partial charge is 0.0638 e. The molecule has 4 rings (SSSR count). The maximum absolute atomic E-state index is 4.81. The number of nitrogens with one attached hydrogen (secondary N) is 1. The molecule has 1 heterocycles. The molecule has 2 nitrogen and oxygen atoms in total. The quantitative estimate of drug-likeness (QED) is 0.749. The Hall–Kier alpha value is -1.57. The van der Waals surface area contributed by atoms with Gasteiger partial charge in [0.1, 0.15) is 0 Å². The molecule has 0 radical (unpaired) electrons. The molecule has 1 saturated carbocycles. The Morgan fingerprint density at radius 2 is 2.00 bits per heavy atom. The molecule has 2 aliphatic carbocycles. The third-order valence-corrected chi connectivity index (χ3v) is 3.60. The van der Waals surface area contributed by atoms with Crippen molar-refractivity contribution in [3.8, 4) is 0 Å². The molecule has 0 saturated heterocycles. The summed E-state index contributed by atoms with van der Waals surface area (Å²) in [6, 6.07) is 9.21. The van der Waals surface area contributed by atoms with Crippen LogP contribution < -0.4 is 0 Å². The van der Waals surface area contributed by atoms with E-state index in [1.807, 2.05) is 0 Å². The fourth-order valence-electron chi connectivity index (χ4n) is 2.63. The Morgan fingerprint density at radius 1 is 1.12 bits per heavy atom. The number of nitrogens with zero attached hydrogens (tertiary/aromatic N) is 1. The summed E-state index contributed by atoms with van der Waals surface area (Å²) < 4.78 is 0. The molecule has 16 heavy (non-hydrogen) atoms. The van der Waals surface area contributed by atoms with Crippen LogP contribution in [0.25, 0.3) is 10.9 Å². The Labute approximate surface area is 94.4 Å². The number of fused-ring (bicyclic) bond motifs is 3. The third kappa shape index (κ3) is 1.16. The Bertz CT molecular complexity index is 588. The summed E-state index contributed by atoms with van der Waals surface area (Å²) in [5.41, 5.74) is 5.37. The lowest BCUT2D eigenvalue weighted by Gasteiger charge is -1.95. The third-order valence-electron chi connectivity index (χ3n) is 3.60. The minimum Gasteiger partial charge on any atom is -0.353 e. The average Bonchev–Trinajstić information content (AvgIpc) is 2.92. The molecule has 1 fully saturated rings. The van der Waals surface area contributed by atoms with Crippen LogP contribution in [0.1, 0.15) is 30.5 Å². The van der Waals surface area contributed by atoms with Crippen LogP contribution in [-0.2, 0) is 6.42 Å². The van der Waals surface area contributed by atoms with Crippen LogP contribution in [-0.4, -0.2) is 16.7 Å². The van der Waals surface area contributed by atoms with Crippen molar-refractivity contribution >= 4 is 16.6 Å². The summed E-state index contributed by atoms with van der Waals surface area (Å²) in [7, 11) is 0. The van der Waals surface area contributed by atoms with E-state index in [-0.39, 0.29) is 0 Å². The lowest BCUT2D eigenvalue weighted by atomic mass is 10.1. The molecule has 2 heteroatoms. The van der Waals surface area contributed by atoms with Crippen molar-refractivity contribution in [2.75, 3.05) is 0 Å². The Balaban J connectivity index is 1.92. The van der Waals surface area contributed by atoms with Crippen LogP contribution in [0.5, 0.6) is 0 Å². The predicted molar refractivity (Wildman–Crippen MR) is 66.2 cm³/mol. The average molecular weight is 210 g/mol. The molecule has 0 atom stereocenters. The summed E-state index contributed by atoms with van der Waals surface area (Å²) in [4.78, 5) is 8.34. The molecule has 0 amide bonds. The number of hydrogen-bond donors (Lipinski definition) is 1. The van der Waals surface area contributed by atoms with E-state index in [1.54, 1.807) is 0 Å². The van der Waals surface area contributed by atoms with Crippen LogP contribution >= 0.6 is 0 Å². The number of aromatic nitrogens is 1. The molecular formula is C14H14N2. The van der Waals surface area contributed by atoms with Gasteiger partial charge in [-0.25, -0.2) is 0 Å². The summed E-state index contributed by atoms with van der Waals surface area (Å²) in [6.07, 6.45) is 4.87. The van der Waals surface area contributed by atoms with Gasteiger partial charge >= 0.3 is 0 Å². The normalized spacial score (nSPS) is 21.9. The number of benzene rings is 1. The minimum absolute atomic E-state index is 0.632. The minimum atomic E-state index is 0.632. The molecular weight excluding hydrogens is 196 g/mol. The second-order valence-corrected chi connectivity index (χ2v) is 4.83. The summed E-state index contributed by atoms with van der Waals surface area (Å²) in [5.74, 6) is 0. The van der Waals surface area contributed by atoms with Gasteiger partial charge in [0.15, 0.2) is 0 Å². The number of aromatic amines is 1. The SMILES string of the molecule is c1ccc2c3c([nH]c2c1)C(=NC1CC1)CC3. The molecule has 2 aliphatic rings. The van der Waals surface area contributed by atoms with Gasteiger partial charge in [0.05, 0.1) is 17.4 Å². The van der Waals surface area contributed by atoms with Crippen molar-refractivity contribution in [2.45, 2.75) is 31.7 Å². The number of para-hydroxylation sites is 1. The topological polar surface area (TPSA) is 28.1 Å². The number of aliphatic imine (C=N–C) groups is 1. The van der Waals surface area contributed by atoms with Gasteiger partial charge in [-0.05, 0) is 37.3 Å². The van der Waals surface area contributed by atoms with E-state index in [9.17, 15) is 0 Å². The molecule has 2 aromatic rings. The van der Waals surface area contributed by atoms with Crippen LogP contribution in [0.4, 0.5) is 0 Å². The second-order valence-electron chi connectivity index (χ2n) is 4.83. The van der Waals surface area contributed by atoms with Gasteiger partial charge in [-0.1, -0.05) is 18.2 Å². The molecule has 1 aromatic heterocycles. The molecule has 0 bridgehead atoms. The fraction of sp³-hybridized carbons (Fsp3) is 0.357. The summed E-state index contributed by atoms with van der Waals surface area (Å²) in [5, 5.41) is 1.39. The number of H-pyrrole nitrogens is 1. The van der Waals surface area contributed by atoms with Gasteiger partial charge in [0.25, 0.3) is 0 Å². The van der Waals surface area contributed by atoms with Crippen molar-refractivity contribution in [1.82, 2.24) is 4.98 Å². The van der Waals surface area contributed by atoms with Crippen molar-refractivity contribution in [3.05, 3.63) is 35.5 Å². The van der Waals surface area contributed by atoms with Crippen LogP contribution in [0.3, 0.4) is 0 Å². The van der Waals surface area contributed by atoms with E-state index in [0.29, 0.717) is 6.04 Å². The molecule has 0 spiro atoms. The first-order valence-electron chi connectivity index (χ1n) is 6.08. The van der Waals surface area contributed by atoms with Crippen molar-refractivity contribution < 1.29 is 0 Å². The highest BCUT2D eigenvalue weighted by molar-refractivity contribution is 6.08. The predicted octanol–water partition coefficient (Wildman–Crippen LogP) is 3.07. The summed E-state index contributed by atoms with van der Waals surface area (Å²) >= 11 is 0. The van der Waals surface area contributed by atoms with Gasteiger partial charge in [-0.3, -0.25) is 4.99 Å². The number of rotatable bonds is 1. The van der Waals surface area contributed by atoms with Crippen LogP contribution in [0.2, 0.25) is 0 Å². The Morgan fingerprint density at radius 3 is 2.88 bits per heavy atom. The Kier molecular flexibility index (Phi) is 1.59. The van der Waals surface area contributed by atoms with E-state index in [0.717, 1.165) is 12.8 Å². The fourth-order valence-corrected chi connectivity index (χ4v) is 2.63. The maximum Gasteiger partial charge on any atom is 0.0638 e. The number of aryl methyl sites for hydroxylation is 1. The molecule has 80 valence electrons. The maximum atomic E-state index is 4.81. The number of hydrogen-bond acceptors (Lipinski definition) is 1. The molecule has 0 unspecified atom stereocenters. The molecule has 0 aliphatic heterocycles. The van der Waals surface area contributed by atoms with Gasteiger partial charge in [-0.15, -0.1) is 0 Å². The molecule has 1 N–H and O–H groups in total. The second kappa shape index (κ2) is 2.97. The first-order valence-corrected chi connectivity index (χ1v) is 6.08. The van der Waals surface area contributed by atoms with Crippen molar-refractivity contribution in [1.29, 1.82) is 0 Å². The zero-order chi connectivity index (χ0) is 10.5. The highest BCUT2D eigenvalue weighted by Crippen LogP contribution is 2.32. The first-order chi connectivity index (χ1) is 7.92. The van der Waals surface area contributed by atoms with Gasteiger partial charge in [0.2, 0.25) is 0 Å². The zero-order valence-electron chi connectivity index (χ0n) is 9.16. The van der Waals surface area contributed by atoms with E-state index in [1.165, 1.54) is 40.7 Å². The highest BCUT2D eigenvalue weighted by atomic mass is 14.9. The van der Waals surface area contributed by atoms with Gasteiger partial charge in [0, 0.05) is 10.9 Å². The van der Waals surface area contributed by atoms with E-state index in [2.05, 4.69) is 29.2 Å². The van der Waals surface area contributed by atoms with Crippen LogP contribution in [0, 0.1) is 0 Å². The van der Waals surface area contributed by atoms with Gasteiger partial charge in [-0.2, -0.15) is 0 Å².